The van der Waals surface area contributed by atoms with Crippen LogP contribution in [-0.4, -0.2) is 29.1 Å². The molecule has 0 spiro atoms. The molecule has 0 radical (unpaired) electrons. The van der Waals surface area contributed by atoms with Gasteiger partial charge in [-0.2, -0.15) is 0 Å². The van der Waals surface area contributed by atoms with Crippen LogP contribution in [0.2, 0.25) is 0 Å². The van der Waals surface area contributed by atoms with Crippen LogP contribution in [-0.2, 0) is 0 Å². The first-order valence-electron chi connectivity index (χ1n) is 8.99. The number of hydrogen-bond acceptors (Lipinski definition) is 5. The van der Waals surface area contributed by atoms with Crippen LogP contribution in [0.3, 0.4) is 0 Å². The number of rotatable bonds is 4. The number of pyridine rings is 2. The molecule has 1 fully saturated rings. The first-order chi connectivity index (χ1) is 13.0. The van der Waals surface area contributed by atoms with Crippen LogP contribution in [0.15, 0.2) is 53.8 Å². The van der Waals surface area contributed by atoms with Gasteiger partial charge in [-0.05, 0) is 49.2 Å². The van der Waals surface area contributed by atoms with E-state index in [0.717, 1.165) is 63.2 Å². The van der Waals surface area contributed by atoms with Gasteiger partial charge in [0.15, 0.2) is 0 Å². The van der Waals surface area contributed by atoms with Crippen LogP contribution in [0.5, 0.6) is 0 Å². The number of hydrogen-bond donors (Lipinski definition) is 2. The van der Waals surface area contributed by atoms with E-state index in [1.807, 2.05) is 37.5 Å². The van der Waals surface area contributed by atoms with Crippen LogP contribution in [0.25, 0.3) is 16.5 Å². The minimum absolute atomic E-state index is 0.240. The second kappa shape index (κ2) is 7.29. The van der Waals surface area contributed by atoms with Crippen molar-refractivity contribution in [2.45, 2.75) is 19.4 Å². The predicted molar refractivity (Wildman–Crippen MR) is 116 cm³/mol. The zero-order valence-electron chi connectivity index (χ0n) is 15.2. The van der Waals surface area contributed by atoms with E-state index in [1.54, 1.807) is 0 Å². The highest BCUT2D eigenvalue weighted by atomic mass is 79.9. The summed E-state index contributed by atoms with van der Waals surface area (Å²) in [5.41, 5.74) is 10.8. The van der Waals surface area contributed by atoms with E-state index in [9.17, 15) is 0 Å². The van der Waals surface area contributed by atoms with Gasteiger partial charge in [0, 0.05) is 40.8 Å². The van der Waals surface area contributed by atoms with E-state index in [4.69, 9.17) is 5.73 Å². The van der Waals surface area contributed by atoms with Gasteiger partial charge in [0.05, 0.1) is 23.1 Å². The van der Waals surface area contributed by atoms with E-state index in [1.165, 1.54) is 0 Å². The standard InChI is InChI=1S/C21H22BrN5/c1-13(2)18-11-24-19-5-3-14(22)9-17(19)21(18)26-16-4-6-20(25-10-16)27-8-7-15(23)12-27/h3-6,9-11,15H,1,7-8,12,23H2,2H3,(H,24,26). The number of benzene rings is 1. The fraction of sp³-hybridized carbons (Fsp3) is 0.238. The Kier molecular flexibility index (Phi) is 4.85. The number of aromatic nitrogens is 2. The van der Waals surface area contributed by atoms with Gasteiger partial charge in [0.1, 0.15) is 5.82 Å². The van der Waals surface area contributed by atoms with Crippen LogP contribution >= 0.6 is 15.9 Å². The summed E-state index contributed by atoms with van der Waals surface area (Å²) in [6.45, 7) is 7.92. The molecule has 3 N–H and O–H groups in total. The zero-order chi connectivity index (χ0) is 19.0. The second-order valence-electron chi connectivity index (χ2n) is 7.01. The molecule has 3 heterocycles. The van der Waals surface area contributed by atoms with Crippen molar-refractivity contribution in [1.29, 1.82) is 0 Å². The minimum atomic E-state index is 0.240. The second-order valence-corrected chi connectivity index (χ2v) is 7.93. The number of halogens is 1. The summed E-state index contributed by atoms with van der Waals surface area (Å²) in [6, 6.07) is 10.4. The van der Waals surface area contributed by atoms with Crippen molar-refractivity contribution in [2.75, 3.05) is 23.3 Å². The minimum Gasteiger partial charge on any atom is -0.355 e. The van der Waals surface area contributed by atoms with Gasteiger partial charge >= 0.3 is 0 Å². The van der Waals surface area contributed by atoms with Crippen molar-refractivity contribution in [2.24, 2.45) is 5.73 Å². The average molecular weight is 424 g/mol. The lowest BCUT2D eigenvalue weighted by atomic mass is 10.0. The molecule has 1 saturated heterocycles. The van der Waals surface area contributed by atoms with Gasteiger partial charge < -0.3 is 16.0 Å². The summed E-state index contributed by atoms with van der Waals surface area (Å²) in [6.07, 6.45) is 4.75. The van der Waals surface area contributed by atoms with E-state index < -0.39 is 0 Å². The number of anilines is 3. The summed E-state index contributed by atoms with van der Waals surface area (Å²) in [5.74, 6) is 0.968. The molecular weight excluding hydrogens is 402 g/mol. The van der Waals surface area contributed by atoms with Gasteiger partial charge in [0.2, 0.25) is 0 Å². The molecule has 1 aliphatic rings. The number of allylic oxidation sites excluding steroid dienone is 1. The molecule has 138 valence electrons. The molecule has 0 bridgehead atoms. The highest BCUT2D eigenvalue weighted by Crippen LogP contribution is 2.34. The monoisotopic (exact) mass is 423 g/mol. The van der Waals surface area contributed by atoms with E-state index >= 15 is 0 Å². The predicted octanol–water partition coefficient (Wildman–Crippen LogP) is 4.71. The van der Waals surface area contributed by atoms with Crippen LogP contribution in [0, 0.1) is 0 Å². The summed E-state index contributed by atoms with van der Waals surface area (Å²) in [5, 5.41) is 4.56. The lowest BCUT2D eigenvalue weighted by molar-refractivity contribution is 0.751. The number of nitrogens with one attached hydrogen (secondary N) is 1. The molecule has 0 saturated carbocycles. The van der Waals surface area contributed by atoms with Gasteiger partial charge in [0.25, 0.3) is 0 Å². The van der Waals surface area contributed by atoms with Gasteiger partial charge in [-0.1, -0.05) is 22.5 Å². The highest BCUT2D eigenvalue weighted by Gasteiger charge is 2.20. The molecular formula is C21H22BrN5. The Hall–Kier alpha value is -2.44. The average Bonchev–Trinajstić information content (AvgIpc) is 3.09. The van der Waals surface area contributed by atoms with Crippen LogP contribution in [0.1, 0.15) is 18.9 Å². The fourth-order valence-electron chi connectivity index (χ4n) is 3.41. The largest absolute Gasteiger partial charge is 0.355 e. The van der Waals surface area contributed by atoms with Crippen molar-refractivity contribution in [3.05, 3.63) is 59.3 Å². The molecule has 1 aliphatic heterocycles. The Balaban J connectivity index is 1.69. The summed E-state index contributed by atoms with van der Waals surface area (Å²) in [7, 11) is 0. The highest BCUT2D eigenvalue weighted by molar-refractivity contribution is 9.10. The third-order valence-electron chi connectivity index (χ3n) is 4.86. The smallest absolute Gasteiger partial charge is 0.128 e. The Morgan fingerprint density at radius 1 is 1.26 bits per heavy atom. The molecule has 2 aromatic heterocycles. The molecule has 27 heavy (non-hydrogen) atoms. The van der Waals surface area contributed by atoms with Gasteiger partial charge in [-0.25, -0.2) is 4.98 Å². The Bertz CT molecular complexity index is 999. The number of nitrogens with zero attached hydrogens (tertiary/aromatic N) is 3. The SMILES string of the molecule is C=C(C)c1cnc2ccc(Br)cc2c1Nc1ccc(N2CCC(N)C2)nc1. The van der Waals surface area contributed by atoms with Crippen molar-refractivity contribution >= 4 is 49.6 Å². The molecule has 0 aliphatic carbocycles. The number of fused-ring (bicyclic) bond motifs is 1. The van der Waals surface area contributed by atoms with Crippen molar-refractivity contribution < 1.29 is 0 Å². The van der Waals surface area contributed by atoms with E-state index in [0.29, 0.717) is 0 Å². The Labute approximate surface area is 167 Å². The first kappa shape index (κ1) is 17.9. The molecule has 1 unspecified atom stereocenters. The molecule has 6 heteroatoms. The fourth-order valence-corrected chi connectivity index (χ4v) is 3.77. The number of nitrogens with two attached hydrogens (primary N) is 1. The summed E-state index contributed by atoms with van der Waals surface area (Å²) < 4.78 is 1.01. The lowest BCUT2D eigenvalue weighted by Crippen LogP contribution is -2.26. The topological polar surface area (TPSA) is 67.1 Å². The maximum absolute atomic E-state index is 6.00. The van der Waals surface area contributed by atoms with E-state index in [2.05, 4.69) is 54.8 Å². The van der Waals surface area contributed by atoms with Gasteiger partial charge in [-0.3, -0.25) is 4.98 Å². The van der Waals surface area contributed by atoms with Crippen molar-refractivity contribution in [1.82, 2.24) is 9.97 Å². The molecule has 1 atom stereocenters. The van der Waals surface area contributed by atoms with Crippen LogP contribution in [0.4, 0.5) is 17.2 Å². The maximum atomic E-state index is 6.00. The summed E-state index contributed by atoms with van der Waals surface area (Å²) >= 11 is 3.56. The van der Waals surface area contributed by atoms with Gasteiger partial charge in [-0.15, -0.1) is 0 Å². The maximum Gasteiger partial charge on any atom is 0.128 e. The third-order valence-corrected chi connectivity index (χ3v) is 5.35. The molecule has 1 aromatic carbocycles. The first-order valence-corrected chi connectivity index (χ1v) is 9.78. The molecule has 3 aromatic rings. The lowest BCUT2D eigenvalue weighted by Gasteiger charge is -2.18. The Morgan fingerprint density at radius 2 is 2.11 bits per heavy atom. The van der Waals surface area contributed by atoms with Crippen LogP contribution < -0.4 is 16.0 Å². The van der Waals surface area contributed by atoms with Crippen molar-refractivity contribution in [3.8, 4) is 0 Å². The zero-order valence-corrected chi connectivity index (χ0v) is 16.8. The third kappa shape index (κ3) is 3.68. The van der Waals surface area contributed by atoms with Crippen molar-refractivity contribution in [3.63, 3.8) is 0 Å². The summed E-state index contributed by atoms with van der Waals surface area (Å²) in [4.78, 5) is 11.4. The molecule has 0 amide bonds. The van der Waals surface area contributed by atoms with E-state index in [-0.39, 0.29) is 6.04 Å². The quantitative estimate of drug-likeness (QED) is 0.635. The Morgan fingerprint density at radius 3 is 2.78 bits per heavy atom. The molecule has 5 nitrogen and oxygen atoms in total. The normalized spacial score (nSPS) is 16.7. The molecule has 4 rings (SSSR count).